The van der Waals surface area contributed by atoms with Gasteiger partial charge in [-0.2, -0.15) is 43.9 Å². The number of carbonyl (C=O) groups is 1. The normalized spacial score (nSPS) is 14.1. The van der Waals surface area contributed by atoms with E-state index < -0.39 is 41.5 Å². The first kappa shape index (κ1) is 29.1. The standard InChI is InChI=1S/C17H24ClF10NO/c1-2-3-4-5-6-7-8-9-10-11-29-12(30)13(19,20)14(21,22)15(23,24)16(25,26)17(18,27)28/h2-11H2,1H3,(H,29,30). The summed E-state index contributed by atoms with van der Waals surface area (Å²) in [6.45, 7) is 1.43. The van der Waals surface area contributed by atoms with Crippen molar-refractivity contribution in [3.8, 4) is 0 Å². The molecule has 0 bridgehead atoms. The van der Waals surface area contributed by atoms with Crippen molar-refractivity contribution in [3.05, 3.63) is 0 Å². The number of unbranched alkanes of at least 4 members (excludes halogenated alkanes) is 8. The molecule has 0 heterocycles. The second-order valence-electron chi connectivity index (χ2n) is 6.88. The van der Waals surface area contributed by atoms with Gasteiger partial charge in [0.2, 0.25) is 0 Å². The first-order valence-electron chi connectivity index (χ1n) is 9.34. The van der Waals surface area contributed by atoms with Gasteiger partial charge in [-0.15, -0.1) is 0 Å². The molecule has 0 aromatic carbocycles. The molecule has 0 radical (unpaired) electrons. The number of hydrogen-bond donors (Lipinski definition) is 1. The highest BCUT2D eigenvalue weighted by molar-refractivity contribution is 6.22. The van der Waals surface area contributed by atoms with Crippen LogP contribution in [0.3, 0.4) is 0 Å². The molecule has 0 aliphatic carbocycles. The fraction of sp³-hybridized carbons (Fsp3) is 0.941. The van der Waals surface area contributed by atoms with Crippen LogP contribution in [-0.4, -0.2) is 41.5 Å². The molecule has 180 valence electrons. The van der Waals surface area contributed by atoms with E-state index in [4.69, 9.17) is 0 Å². The maximum atomic E-state index is 13.5. The van der Waals surface area contributed by atoms with Crippen LogP contribution in [0.2, 0.25) is 0 Å². The van der Waals surface area contributed by atoms with E-state index in [0.29, 0.717) is 12.8 Å². The molecule has 0 spiro atoms. The first-order valence-corrected chi connectivity index (χ1v) is 9.72. The van der Waals surface area contributed by atoms with Gasteiger partial charge in [0.25, 0.3) is 5.91 Å². The van der Waals surface area contributed by atoms with Crippen molar-refractivity contribution in [2.24, 2.45) is 0 Å². The van der Waals surface area contributed by atoms with Gasteiger partial charge in [-0.1, -0.05) is 58.3 Å². The van der Waals surface area contributed by atoms with Crippen LogP contribution >= 0.6 is 11.6 Å². The van der Waals surface area contributed by atoms with Gasteiger partial charge >= 0.3 is 29.1 Å². The van der Waals surface area contributed by atoms with Crippen LogP contribution in [0.15, 0.2) is 0 Å². The molecule has 0 saturated heterocycles. The molecule has 0 unspecified atom stereocenters. The summed E-state index contributed by atoms with van der Waals surface area (Å²) in [6.07, 6.45) is 7.05. The van der Waals surface area contributed by atoms with E-state index in [9.17, 15) is 48.7 Å². The molecule has 0 aromatic heterocycles. The lowest BCUT2D eigenvalue weighted by atomic mass is 9.98. The third-order valence-corrected chi connectivity index (χ3v) is 4.63. The highest BCUT2D eigenvalue weighted by Gasteiger charge is 2.87. The number of amides is 1. The zero-order valence-electron chi connectivity index (χ0n) is 16.1. The van der Waals surface area contributed by atoms with Gasteiger partial charge in [-0.25, -0.2) is 0 Å². The molecular formula is C17H24ClF10NO. The average molecular weight is 484 g/mol. The molecule has 2 nitrogen and oxygen atoms in total. The van der Waals surface area contributed by atoms with Crippen LogP contribution < -0.4 is 5.32 Å². The molecule has 0 aromatic rings. The molecule has 1 amide bonds. The van der Waals surface area contributed by atoms with E-state index in [-0.39, 0.29) is 6.42 Å². The number of halogens is 11. The number of alkyl halides is 11. The van der Waals surface area contributed by atoms with Gasteiger partial charge in [-0.05, 0) is 18.0 Å². The summed E-state index contributed by atoms with van der Waals surface area (Å²) in [7, 11) is 0. The van der Waals surface area contributed by atoms with Crippen molar-refractivity contribution >= 4 is 17.5 Å². The summed E-state index contributed by atoms with van der Waals surface area (Å²) in [5.74, 6) is -30.9. The van der Waals surface area contributed by atoms with Gasteiger partial charge in [0.15, 0.2) is 0 Å². The van der Waals surface area contributed by atoms with Crippen molar-refractivity contribution in [1.29, 1.82) is 0 Å². The van der Waals surface area contributed by atoms with Crippen molar-refractivity contribution in [2.75, 3.05) is 6.54 Å². The topological polar surface area (TPSA) is 29.1 Å². The number of rotatable bonds is 15. The Balaban J connectivity index is 4.74. The van der Waals surface area contributed by atoms with Crippen molar-refractivity contribution in [3.63, 3.8) is 0 Å². The molecular weight excluding hydrogens is 460 g/mol. The van der Waals surface area contributed by atoms with Crippen molar-refractivity contribution in [2.45, 2.75) is 93.8 Å². The lowest BCUT2D eigenvalue weighted by Crippen LogP contribution is -2.69. The van der Waals surface area contributed by atoms with E-state index in [1.807, 2.05) is 6.92 Å². The predicted molar refractivity (Wildman–Crippen MR) is 90.8 cm³/mol. The Morgan fingerprint density at radius 2 is 1.07 bits per heavy atom. The maximum Gasteiger partial charge on any atom is 0.393 e. The lowest BCUT2D eigenvalue weighted by Gasteiger charge is -2.37. The predicted octanol–water partition coefficient (Wildman–Crippen LogP) is 7.01. The molecule has 1 N–H and O–H groups in total. The van der Waals surface area contributed by atoms with E-state index >= 15 is 0 Å². The Morgan fingerprint density at radius 1 is 0.667 bits per heavy atom. The van der Waals surface area contributed by atoms with Crippen LogP contribution in [0, 0.1) is 0 Å². The highest BCUT2D eigenvalue weighted by atomic mass is 35.5. The van der Waals surface area contributed by atoms with Crippen LogP contribution in [0.5, 0.6) is 0 Å². The molecule has 0 saturated carbocycles. The maximum absolute atomic E-state index is 13.5. The minimum absolute atomic E-state index is 0.0364. The summed E-state index contributed by atoms with van der Waals surface area (Å²) >= 11 is 3.68. The van der Waals surface area contributed by atoms with Gasteiger partial charge in [0, 0.05) is 6.54 Å². The summed E-state index contributed by atoms with van der Waals surface area (Å²) in [6, 6.07) is 0. The Morgan fingerprint density at radius 3 is 1.47 bits per heavy atom. The summed E-state index contributed by atoms with van der Waals surface area (Å²) < 4.78 is 131. The summed E-state index contributed by atoms with van der Waals surface area (Å²) in [5.41, 5.74) is 0. The van der Waals surface area contributed by atoms with E-state index in [0.717, 1.165) is 38.5 Å². The largest absolute Gasteiger partial charge is 0.393 e. The Kier molecular flexibility index (Phi) is 10.7. The van der Waals surface area contributed by atoms with Crippen molar-refractivity contribution in [1.82, 2.24) is 5.32 Å². The quantitative estimate of drug-likeness (QED) is 0.151. The van der Waals surface area contributed by atoms with Gasteiger partial charge in [0.05, 0.1) is 0 Å². The second-order valence-corrected chi connectivity index (χ2v) is 7.35. The molecule has 30 heavy (non-hydrogen) atoms. The zero-order valence-corrected chi connectivity index (χ0v) is 16.9. The monoisotopic (exact) mass is 483 g/mol. The Bertz CT molecular complexity index is 537. The third-order valence-electron chi connectivity index (χ3n) is 4.39. The average Bonchev–Trinajstić information content (AvgIpc) is 2.61. The van der Waals surface area contributed by atoms with E-state index in [2.05, 4.69) is 11.6 Å². The third kappa shape index (κ3) is 6.53. The Hall–Kier alpha value is -0.940. The minimum atomic E-state index is -7.33. The Labute approximate surface area is 172 Å². The van der Waals surface area contributed by atoms with Gasteiger partial charge in [-0.3, -0.25) is 4.79 Å². The fourth-order valence-corrected chi connectivity index (χ4v) is 2.58. The van der Waals surface area contributed by atoms with E-state index in [1.54, 1.807) is 0 Å². The SMILES string of the molecule is CCCCCCCCCCCNC(=O)C(F)(F)C(F)(F)C(F)(F)C(F)(F)C(F)(F)Cl. The molecule has 0 rings (SSSR count). The van der Waals surface area contributed by atoms with Crippen molar-refractivity contribution < 1.29 is 48.7 Å². The number of nitrogens with one attached hydrogen (secondary N) is 1. The van der Waals surface area contributed by atoms with Gasteiger partial charge in [0.1, 0.15) is 0 Å². The van der Waals surface area contributed by atoms with E-state index in [1.165, 1.54) is 5.32 Å². The lowest BCUT2D eigenvalue weighted by molar-refractivity contribution is -0.382. The molecule has 0 aliphatic rings. The minimum Gasteiger partial charge on any atom is -0.351 e. The van der Waals surface area contributed by atoms with Crippen LogP contribution in [0.4, 0.5) is 43.9 Å². The molecule has 0 fully saturated rings. The summed E-state index contributed by atoms with van der Waals surface area (Å²) in [5, 5.41) is -5.03. The molecule has 13 heteroatoms. The summed E-state index contributed by atoms with van der Waals surface area (Å²) in [4.78, 5) is 11.2. The first-order chi connectivity index (χ1) is 13.5. The zero-order chi connectivity index (χ0) is 23.9. The van der Waals surface area contributed by atoms with Crippen LogP contribution in [-0.2, 0) is 4.79 Å². The highest BCUT2D eigenvalue weighted by Crippen LogP contribution is 2.57. The van der Waals surface area contributed by atoms with Crippen LogP contribution in [0.25, 0.3) is 0 Å². The second kappa shape index (κ2) is 11.1. The number of hydrogen-bond acceptors (Lipinski definition) is 1. The number of carbonyl (C=O) groups excluding carboxylic acids is 1. The molecule has 0 atom stereocenters. The smallest absolute Gasteiger partial charge is 0.351 e. The molecule has 0 aliphatic heterocycles. The van der Waals surface area contributed by atoms with Crippen LogP contribution in [0.1, 0.15) is 64.7 Å². The van der Waals surface area contributed by atoms with Gasteiger partial charge < -0.3 is 5.32 Å². The fourth-order valence-electron chi connectivity index (χ4n) is 2.46.